The summed E-state index contributed by atoms with van der Waals surface area (Å²) in [5, 5.41) is 10.2. The molecule has 1 aromatic heterocycles. The molecule has 0 saturated carbocycles. The van der Waals surface area contributed by atoms with E-state index in [9.17, 15) is 5.11 Å². The molecule has 0 aliphatic carbocycles. The summed E-state index contributed by atoms with van der Waals surface area (Å²) in [4.78, 5) is 16.1. The van der Waals surface area contributed by atoms with Crippen molar-refractivity contribution in [1.29, 1.82) is 0 Å². The first-order valence-corrected chi connectivity index (χ1v) is 10.3. The molecule has 0 spiro atoms. The number of piperazine rings is 1. The molecule has 3 rings (SSSR count). The molecule has 8 heteroatoms. The molecule has 158 valence electrons. The molecule has 0 radical (unpaired) electrons. The Hall–Kier alpha value is -1.32. The minimum Gasteiger partial charge on any atom is -0.389 e. The lowest BCUT2D eigenvalue weighted by Crippen LogP contribution is -2.49. The highest BCUT2D eigenvalue weighted by molar-refractivity contribution is 5.30. The van der Waals surface area contributed by atoms with Gasteiger partial charge in [0, 0.05) is 58.6 Å². The molecule has 0 unspecified atom stereocenters. The summed E-state index contributed by atoms with van der Waals surface area (Å²) in [6.45, 7) is 15.0. The van der Waals surface area contributed by atoms with Crippen LogP contribution in [0.4, 0.5) is 5.95 Å². The van der Waals surface area contributed by atoms with E-state index in [4.69, 9.17) is 14.5 Å². The fraction of sp³-hybridized carbons (Fsp3) is 0.800. The van der Waals surface area contributed by atoms with Gasteiger partial charge < -0.3 is 19.5 Å². The van der Waals surface area contributed by atoms with Crippen LogP contribution in [0.25, 0.3) is 0 Å². The third kappa shape index (κ3) is 6.93. The second-order valence-corrected chi connectivity index (χ2v) is 8.60. The van der Waals surface area contributed by atoms with E-state index in [-0.39, 0.29) is 5.60 Å². The number of aliphatic hydroxyl groups is 1. The van der Waals surface area contributed by atoms with E-state index in [2.05, 4.69) is 19.7 Å². The molecule has 1 atom stereocenters. The van der Waals surface area contributed by atoms with Crippen LogP contribution in [0.1, 0.15) is 26.5 Å². The predicted molar refractivity (Wildman–Crippen MR) is 108 cm³/mol. The van der Waals surface area contributed by atoms with Gasteiger partial charge in [0.2, 0.25) is 5.95 Å². The minimum atomic E-state index is -0.441. The lowest BCUT2D eigenvalue weighted by molar-refractivity contribution is -0.0587. The molecular weight excluding hydrogens is 358 g/mol. The van der Waals surface area contributed by atoms with Crippen LogP contribution in [0, 0.1) is 0 Å². The van der Waals surface area contributed by atoms with Crippen LogP contribution in [0.3, 0.4) is 0 Å². The molecule has 1 N–H and O–H groups in total. The summed E-state index contributed by atoms with van der Waals surface area (Å²) in [5.41, 5.74) is 0.848. The minimum absolute atomic E-state index is 0.211. The Kier molecular flexibility index (Phi) is 7.59. The van der Waals surface area contributed by atoms with Crippen molar-refractivity contribution in [3.8, 4) is 0 Å². The summed E-state index contributed by atoms with van der Waals surface area (Å²) in [7, 11) is 0. The van der Waals surface area contributed by atoms with Gasteiger partial charge in [0.15, 0.2) is 0 Å². The highest BCUT2D eigenvalue weighted by atomic mass is 16.5. The Bertz CT molecular complexity index is 596. The summed E-state index contributed by atoms with van der Waals surface area (Å²) in [5.74, 6) is 0.807. The monoisotopic (exact) mass is 393 g/mol. The van der Waals surface area contributed by atoms with Crippen molar-refractivity contribution in [3.05, 3.63) is 18.0 Å². The van der Waals surface area contributed by atoms with Gasteiger partial charge in [0.25, 0.3) is 0 Å². The van der Waals surface area contributed by atoms with Gasteiger partial charge in [0.1, 0.15) is 0 Å². The van der Waals surface area contributed by atoms with Crippen molar-refractivity contribution in [1.82, 2.24) is 19.8 Å². The van der Waals surface area contributed by atoms with Gasteiger partial charge in [-0.05, 0) is 26.8 Å². The van der Waals surface area contributed by atoms with Crippen molar-refractivity contribution in [3.63, 3.8) is 0 Å². The zero-order valence-corrected chi connectivity index (χ0v) is 17.5. The number of hydrogen-bond acceptors (Lipinski definition) is 8. The molecule has 28 heavy (non-hydrogen) atoms. The number of ether oxygens (including phenoxy) is 2. The van der Waals surface area contributed by atoms with Crippen LogP contribution < -0.4 is 4.90 Å². The lowest BCUT2D eigenvalue weighted by Gasteiger charge is -2.35. The van der Waals surface area contributed by atoms with Crippen molar-refractivity contribution < 1.29 is 14.6 Å². The number of hydrogen-bond donors (Lipinski definition) is 1. The SMILES string of the molecule is CC(C)(C)OC[C@@H](O)CN1CCN(Cc2ccnc(N3CCOCC3)n2)CC1. The molecule has 0 amide bonds. The van der Waals surface area contributed by atoms with Gasteiger partial charge in [-0.25, -0.2) is 9.97 Å². The number of anilines is 1. The number of rotatable bonds is 7. The first-order chi connectivity index (χ1) is 13.4. The van der Waals surface area contributed by atoms with Gasteiger partial charge >= 0.3 is 0 Å². The van der Waals surface area contributed by atoms with E-state index in [0.29, 0.717) is 13.2 Å². The van der Waals surface area contributed by atoms with E-state index in [1.807, 2.05) is 33.0 Å². The Morgan fingerprint density at radius 2 is 1.79 bits per heavy atom. The van der Waals surface area contributed by atoms with Crippen LogP contribution in [0.2, 0.25) is 0 Å². The number of β-amino-alcohol motifs (C(OH)–C–C–N with tert-alkyl or cyclic N) is 1. The highest BCUT2D eigenvalue weighted by Gasteiger charge is 2.21. The fourth-order valence-corrected chi connectivity index (χ4v) is 3.44. The van der Waals surface area contributed by atoms with Gasteiger partial charge in [-0.15, -0.1) is 0 Å². The largest absolute Gasteiger partial charge is 0.389 e. The average Bonchev–Trinajstić information content (AvgIpc) is 2.68. The van der Waals surface area contributed by atoms with Crippen molar-refractivity contribution in [2.24, 2.45) is 0 Å². The molecule has 2 saturated heterocycles. The van der Waals surface area contributed by atoms with E-state index in [0.717, 1.165) is 70.7 Å². The molecule has 0 aromatic carbocycles. The van der Waals surface area contributed by atoms with Gasteiger partial charge in [-0.1, -0.05) is 0 Å². The Morgan fingerprint density at radius 1 is 1.11 bits per heavy atom. The smallest absolute Gasteiger partial charge is 0.225 e. The normalized spacial score (nSPS) is 21.1. The molecule has 8 nitrogen and oxygen atoms in total. The van der Waals surface area contributed by atoms with E-state index < -0.39 is 6.10 Å². The average molecular weight is 394 g/mol. The maximum Gasteiger partial charge on any atom is 0.225 e. The van der Waals surface area contributed by atoms with Crippen LogP contribution >= 0.6 is 0 Å². The number of nitrogens with zero attached hydrogens (tertiary/aromatic N) is 5. The maximum atomic E-state index is 10.2. The molecule has 0 bridgehead atoms. The van der Waals surface area contributed by atoms with Gasteiger partial charge in [-0.2, -0.15) is 0 Å². The topological polar surface area (TPSA) is 74.2 Å². The van der Waals surface area contributed by atoms with Gasteiger partial charge in [-0.3, -0.25) is 9.80 Å². The standard InChI is InChI=1S/C20H35N5O3/c1-20(2,3)28-16-18(26)15-24-8-6-23(7-9-24)14-17-4-5-21-19(22-17)25-10-12-27-13-11-25/h4-5,18,26H,6-16H2,1-3H3/t18-/m0/s1. The molecule has 3 heterocycles. The second kappa shape index (κ2) is 9.93. The molecular formula is C20H35N5O3. The first-order valence-electron chi connectivity index (χ1n) is 10.3. The van der Waals surface area contributed by atoms with Crippen molar-refractivity contribution in [2.75, 3.05) is 70.5 Å². The third-order valence-electron chi connectivity index (χ3n) is 5.02. The third-order valence-corrected chi connectivity index (χ3v) is 5.02. The maximum absolute atomic E-state index is 10.2. The van der Waals surface area contributed by atoms with Crippen LogP contribution in [0.15, 0.2) is 12.3 Å². The van der Waals surface area contributed by atoms with Crippen LogP contribution in [-0.4, -0.2) is 102 Å². The fourth-order valence-electron chi connectivity index (χ4n) is 3.44. The van der Waals surface area contributed by atoms with Crippen LogP contribution in [-0.2, 0) is 16.0 Å². The summed E-state index contributed by atoms with van der Waals surface area (Å²) in [6.07, 6.45) is 1.42. The van der Waals surface area contributed by atoms with Crippen LogP contribution in [0.5, 0.6) is 0 Å². The van der Waals surface area contributed by atoms with Crippen molar-refractivity contribution >= 4 is 5.95 Å². The zero-order valence-electron chi connectivity index (χ0n) is 17.5. The lowest BCUT2D eigenvalue weighted by atomic mass is 10.2. The Balaban J connectivity index is 1.42. The first kappa shape index (κ1) is 21.4. The number of aromatic nitrogens is 2. The van der Waals surface area contributed by atoms with Gasteiger partial charge in [0.05, 0.1) is 37.2 Å². The summed E-state index contributed by atoms with van der Waals surface area (Å²) in [6, 6.07) is 2.00. The molecule has 2 fully saturated rings. The number of morpholine rings is 1. The van der Waals surface area contributed by atoms with E-state index in [1.54, 1.807) is 0 Å². The molecule has 2 aliphatic heterocycles. The quantitative estimate of drug-likeness (QED) is 0.722. The Morgan fingerprint density at radius 3 is 2.46 bits per heavy atom. The summed E-state index contributed by atoms with van der Waals surface area (Å²) >= 11 is 0. The Labute approximate surface area is 168 Å². The van der Waals surface area contributed by atoms with E-state index in [1.165, 1.54) is 0 Å². The van der Waals surface area contributed by atoms with Crippen molar-refractivity contribution in [2.45, 2.75) is 39.0 Å². The second-order valence-electron chi connectivity index (χ2n) is 8.60. The number of aliphatic hydroxyl groups excluding tert-OH is 1. The molecule has 2 aliphatic rings. The van der Waals surface area contributed by atoms with E-state index >= 15 is 0 Å². The molecule has 1 aromatic rings. The summed E-state index contributed by atoms with van der Waals surface area (Å²) < 4.78 is 11.1. The highest BCUT2D eigenvalue weighted by Crippen LogP contribution is 2.13. The zero-order chi connectivity index (χ0) is 20.0. The predicted octanol–water partition coefficient (Wildman–Crippen LogP) is 0.607.